The number of rotatable bonds is 9. The Bertz CT molecular complexity index is 171. The molecule has 0 N–H and O–H groups in total. The van der Waals surface area contributed by atoms with Crippen LogP contribution in [0.4, 0.5) is 0 Å². The van der Waals surface area contributed by atoms with Crippen molar-refractivity contribution in [1.29, 1.82) is 0 Å². The Morgan fingerprint density at radius 2 is 1.47 bits per heavy atom. The molecular formula is C14H28O2Sn. The number of hydrogen-bond donors (Lipinski definition) is 0. The molecule has 0 aromatic carbocycles. The molecule has 0 aliphatic rings. The minimum atomic E-state index is -1.23. The van der Waals surface area contributed by atoms with Crippen LogP contribution in [0.5, 0.6) is 0 Å². The van der Waals surface area contributed by atoms with E-state index in [2.05, 4.69) is 25.4 Å². The molecule has 100 valence electrons. The number of carbonyl (C=O) groups excluding carboxylic acids is 1. The second-order valence-electron chi connectivity index (χ2n) is 4.39. The summed E-state index contributed by atoms with van der Waals surface area (Å²) in [5, 5.41) is 9.14. The second kappa shape index (κ2) is 16.0. The fourth-order valence-corrected chi connectivity index (χ4v) is 7.06. The summed E-state index contributed by atoms with van der Waals surface area (Å²) < 4.78 is 3.31. The van der Waals surface area contributed by atoms with Crippen molar-refractivity contribution in [2.45, 2.75) is 66.2 Å². The van der Waals surface area contributed by atoms with Gasteiger partial charge in [-0.05, 0) is 6.08 Å². The molecule has 0 saturated heterocycles. The van der Waals surface area contributed by atoms with Gasteiger partial charge in [-0.15, -0.1) is 0 Å². The molecule has 0 amide bonds. The van der Waals surface area contributed by atoms with Crippen molar-refractivity contribution >= 4 is 25.7 Å². The van der Waals surface area contributed by atoms with Crippen LogP contribution in [0.1, 0.15) is 52.4 Å². The third-order valence-electron chi connectivity index (χ3n) is 2.58. The predicted octanol–water partition coefficient (Wildman–Crippen LogP) is 3.41. The van der Waals surface area contributed by atoms with Crippen molar-refractivity contribution in [3.63, 3.8) is 0 Å². The number of carboxylic acids is 1. The van der Waals surface area contributed by atoms with E-state index in [4.69, 9.17) is 9.90 Å². The molecule has 3 heteroatoms. The molecule has 0 atom stereocenters. The van der Waals surface area contributed by atoms with Gasteiger partial charge in [0.05, 0.1) is 5.97 Å². The molecule has 0 unspecified atom stereocenters. The van der Waals surface area contributed by atoms with Crippen LogP contribution in [0.3, 0.4) is 0 Å². The summed E-state index contributed by atoms with van der Waals surface area (Å²) in [5.74, 6) is -1.23. The van der Waals surface area contributed by atoms with Crippen LogP contribution in [-0.2, 0) is 4.79 Å². The fraction of sp³-hybridized carbons (Fsp3) is 0.786. The Labute approximate surface area is 114 Å². The van der Waals surface area contributed by atoms with Gasteiger partial charge in [0, 0.05) is 0 Å². The number of aliphatic carboxylic acids is 1. The molecule has 0 heterocycles. The summed E-state index contributed by atoms with van der Waals surface area (Å²) in [6.45, 7) is 7.50. The fourth-order valence-electron chi connectivity index (χ4n) is 1.48. The minimum absolute atomic E-state index is 0.722. The van der Waals surface area contributed by atoms with E-state index >= 15 is 0 Å². The van der Waals surface area contributed by atoms with E-state index in [1.54, 1.807) is 8.87 Å². The van der Waals surface area contributed by atoms with E-state index in [1.165, 1.54) is 38.5 Å². The van der Waals surface area contributed by atoms with Crippen LogP contribution >= 0.6 is 0 Å². The summed E-state index contributed by atoms with van der Waals surface area (Å²) in [7, 11) is 0. The van der Waals surface area contributed by atoms with E-state index in [0.29, 0.717) is 0 Å². The van der Waals surface area contributed by atoms with Crippen molar-refractivity contribution in [3.05, 3.63) is 12.7 Å². The summed E-state index contributed by atoms with van der Waals surface area (Å²) in [5.41, 5.74) is 0. The van der Waals surface area contributed by atoms with Gasteiger partial charge in [-0.2, -0.15) is 0 Å². The van der Waals surface area contributed by atoms with Gasteiger partial charge in [0.2, 0.25) is 0 Å². The number of unbranched alkanes of at least 4 members (excludes halogenated alkanes) is 4. The molecule has 0 rings (SSSR count). The van der Waals surface area contributed by atoms with Gasteiger partial charge in [-0.1, -0.05) is 6.58 Å². The summed E-state index contributed by atoms with van der Waals surface area (Å²) in [4.78, 5) is 11.7. The maximum atomic E-state index is 9.14. The zero-order chi connectivity index (χ0) is 13.5. The van der Waals surface area contributed by atoms with Gasteiger partial charge in [0.15, 0.2) is 0 Å². The van der Waals surface area contributed by atoms with Crippen LogP contribution in [-0.4, -0.2) is 25.7 Å². The summed E-state index contributed by atoms with van der Waals surface area (Å²) in [6.07, 6.45) is 9.54. The molecule has 0 aliphatic heterocycles. The molecular weight excluding hydrogens is 319 g/mol. The topological polar surface area (TPSA) is 40.1 Å². The SMILES string of the molecule is C=CC(=O)[O-].CCCC[CH2][Sn+]([CH3])[CH2]CCCC. The molecule has 0 fully saturated rings. The van der Waals surface area contributed by atoms with Crippen molar-refractivity contribution in [2.24, 2.45) is 0 Å². The van der Waals surface area contributed by atoms with Crippen molar-refractivity contribution < 1.29 is 9.90 Å². The Hall–Kier alpha value is 0.00870. The third-order valence-corrected chi connectivity index (χ3v) is 9.47. The van der Waals surface area contributed by atoms with Crippen LogP contribution in [0, 0.1) is 0 Å². The van der Waals surface area contributed by atoms with Crippen molar-refractivity contribution in [2.75, 3.05) is 0 Å². The Morgan fingerprint density at radius 3 is 1.71 bits per heavy atom. The normalized spacial score (nSPS) is 9.12. The average molecular weight is 347 g/mol. The van der Waals surface area contributed by atoms with Gasteiger partial charge >= 0.3 is 85.9 Å². The first-order chi connectivity index (χ1) is 8.08. The Balaban J connectivity index is 0. The Kier molecular flexibility index (Phi) is 18.2. The zero-order valence-electron chi connectivity index (χ0n) is 11.8. The summed E-state index contributed by atoms with van der Waals surface area (Å²) in [6, 6.07) is 0. The van der Waals surface area contributed by atoms with Crippen LogP contribution in [0.15, 0.2) is 12.7 Å². The van der Waals surface area contributed by atoms with E-state index in [9.17, 15) is 0 Å². The van der Waals surface area contributed by atoms with E-state index in [0.717, 1.165) is 6.08 Å². The van der Waals surface area contributed by atoms with Crippen molar-refractivity contribution in [1.82, 2.24) is 0 Å². The molecule has 0 spiro atoms. The van der Waals surface area contributed by atoms with E-state index in [1.807, 2.05) is 0 Å². The molecule has 0 aromatic heterocycles. The number of carboxylic acid groups (broad SMARTS) is 1. The standard InChI is InChI=1S/2C5H11.C3H4O2.CH3.Sn/c2*1-3-5-4-2;1-2-3(4)5;;/h2*1,3-5H2,2H3;2H,1H2,(H,4,5);1H3;/q;;;;+1/p-1. The molecule has 2 nitrogen and oxygen atoms in total. The summed E-state index contributed by atoms with van der Waals surface area (Å²) >= 11 is -0.781. The third kappa shape index (κ3) is 21.8. The van der Waals surface area contributed by atoms with Crippen LogP contribution in [0.2, 0.25) is 13.8 Å². The first kappa shape index (κ1) is 19.4. The van der Waals surface area contributed by atoms with Gasteiger partial charge in [0.25, 0.3) is 0 Å². The van der Waals surface area contributed by atoms with E-state index in [-0.39, 0.29) is 0 Å². The monoisotopic (exact) mass is 348 g/mol. The van der Waals surface area contributed by atoms with Gasteiger partial charge < -0.3 is 9.90 Å². The van der Waals surface area contributed by atoms with Crippen LogP contribution in [0.25, 0.3) is 0 Å². The molecule has 0 radical (unpaired) electrons. The molecule has 17 heavy (non-hydrogen) atoms. The molecule has 0 saturated carbocycles. The molecule has 0 aliphatic carbocycles. The van der Waals surface area contributed by atoms with Gasteiger partial charge in [-0.3, -0.25) is 0 Å². The Morgan fingerprint density at radius 1 is 1.12 bits per heavy atom. The van der Waals surface area contributed by atoms with Gasteiger partial charge in [-0.25, -0.2) is 0 Å². The quantitative estimate of drug-likeness (QED) is 0.364. The molecule has 0 aromatic rings. The molecule has 0 bridgehead atoms. The van der Waals surface area contributed by atoms with E-state index < -0.39 is 25.7 Å². The number of hydrogen-bond acceptors (Lipinski definition) is 2. The first-order valence-electron chi connectivity index (χ1n) is 6.73. The van der Waals surface area contributed by atoms with Gasteiger partial charge in [0.1, 0.15) is 0 Å². The zero-order valence-corrected chi connectivity index (χ0v) is 14.6. The maximum absolute atomic E-state index is 9.14. The second-order valence-corrected chi connectivity index (χ2v) is 12.7. The predicted molar refractivity (Wildman–Crippen MR) is 75.5 cm³/mol. The van der Waals surface area contributed by atoms with Crippen LogP contribution < -0.4 is 5.11 Å². The average Bonchev–Trinajstić information content (AvgIpc) is 2.30. The first-order valence-corrected chi connectivity index (χ1v) is 13.6. The van der Waals surface area contributed by atoms with Crippen molar-refractivity contribution in [3.8, 4) is 0 Å². The number of carbonyl (C=O) groups is 1.